The summed E-state index contributed by atoms with van der Waals surface area (Å²) in [5.41, 5.74) is 3.15. The van der Waals surface area contributed by atoms with E-state index in [0.29, 0.717) is 16.5 Å². The van der Waals surface area contributed by atoms with E-state index >= 15 is 0 Å². The van der Waals surface area contributed by atoms with E-state index in [-0.39, 0.29) is 6.61 Å². The van der Waals surface area contributed by atoms with Gasteiger partial charge in [-0.1, -0.05) is 23.7 Å². The summed E-state index contributed by atoms with van der Waals surface area (Å²) in [5, 5.41) is 3.16. The summed E-state index contributed by atoms with van der Waals surface area (Å²) >= 11 is 5.87. The smallest absolute Gasteiger partial charge is 0.344 e. The molecular weight excluding hydrogens is 354 g/mol. The largest absolute Gasteiger partial charge is 0.482 e. The van der Waals surface area contributed by atoms with Gasteiger partial charge in [-0.3, -0.25) is 4.79 Å². The van der Waals surface area contributed by atoms with Crippen LogP contribution in [-0.2, 0) is 27.2 Å². The Kier molecular flexibility index (Phi) is 5.78. The second kappa shape index (κ2) is 8.23. The molecule has 1 aliphatic rings. The number of hydrogen-bond acceptors (Lipinski definition) is 4. The number of rotatable bonds is 6. The first-order valence-corrected chi connectivity index (χ1v) is 8.89. The Balaban J connectivity index is 1.47. The number of carbonyl (C=O) groups excluding carboxylic acids is 2. The fraction of sp³-hybridized carbons (Fsp3) is 0.300. The zero-order valence-corrected chi connectivity index (χ0v) is 15.2. The van der Waals surface area contributed by atoms with E-state index in [4.69, 9.17) is 21.1 Å². The maximum absolute atomic E-state index is 12.1. The fourth-order valence-electron chi connectivity index (χ4n) is 2.88. The molecule has 0 aromatic heterocycles. The van der Waals surface area contributed by atoms with Crippen molar-refractivity contribution in [3.05, 3.63) is 58.6 Å². The molecule has 0 heterocycles. The Morgan fingerprint density at radius 1 is 1.15 bits per heavy atom. The molecule has 6 heteroatoms. The van der Waals surface area contributed by atoms with Gasteiger partial charge < -0.3 is 14.8 Å². The van der Waals surface area contributed by atoms with Crippen molar-refractivity contribution in [3.63, 3.8) is 0 Å². The van der Waals surface area contributed by atoms with Gasteiger partial charge in [0.1, 0.15) is 5.75 Å². The molecule has 136 valence electrons. The molecule has 3 rings (SSSR count). The maximum Gasteiger partial charge on any atom is 0.344 e. The number of ether oxygens (including phenoxy) is 2. The monoisotopic (exact) mass is 373 g/mol. The lowest BCUT2D eigenvalue weighted by molar-refractivity contribution is -0.155. The molecule has 26 heavy (non-hydrogen) atoms. The van der Waals surface area contributed by atoms with Gasteiger partial charge in [-0.25, -0.2) is 4.79 Å². The minimum absolute atomic E-state index is 0.242. The van der Waals surface area contributed by atoms with Crippen LogP contribution in [0.2, 0.25) is 5.02 Å². The van der Waals surface area contributed by atoms with Crippen LogP contribution in [0, 0.1) is 0 Å². The first-order chi connectivity index (χ1) is 12.5. The molecule has 0 unspecified atom stereocenters. The number of aryl methyl sites for hydroxylation is 2. The van der Waals surface area contributed by atoms with Crippen LogP contribution in [0.1, 0.15) is 24.5 Å². The van der Waals surface area contributed by atoms with Gasteiger partial charge in [0.05, 0.1) is 0 Å². The van der Waals surface area contributed by atoms with Crippen LogP contribution in [0.15, 0.2) is 42.5 Å². The topological polar surface area (TPSA) is 64.6 Å². The van der Waals surface area contributed by atoms with Gasteiger partial charge in [-0.05, 0) is 67.6 Å². The van der Waals surface area contributed by atoms with Gasteiger partial charge in [-0.2, -0.15) is 0 Å². The van der Waals surface area contributed by atoms with Crippen LogP contribution in [-0.4, -0.2) is 24.6 Å². The standard InChI is InChI=1S/C20H20ClNO4/c1-13(20(24)22-17-7-3-6-16(21)11-17)26-19(23)12-25-18-9-8-14-4-2-5-15(14)10-18/h3,6-11,13H,2,4-5,12H2,1H3,(H,22,24)/t13-/m0/s1. The van der Waals surface area contributed by atoms with Crippen molar-refractivity contribution in [2.24, 2.45) is 0 Å². The molecule has 2 aromatic rings. The molecular formula is C20H20ClNO4. The van der Waals surface area contributed by atoms with Gasteiger partial charge in [0, 0.05) is 10.7 Å². The van der Waals surface area contributed by atoms with Crippen molar-refractivity contribution in [1.82, 2.24) is 0 Å². The highest BCUT2D eigenvalue weighted by Crippen LogP contribution is 2.26. The van der Waals surface area contributed by atoms with Gasteiger partial charge in [0.15, 0.2) is 12.7 Å². The second-order valence-electron chi connectivity index (χ2n) is 6.20. The van der Waals surface area contributed by atoms with Gasteiger partial charge in [0.2, 0.25) is 0 Å². The minimum Gasteiger partial charge on any atom is -0.482 e. The van der Waals surface area contributed by atoms with Crippen LogP contribution < -0.4 is 10.1 Å². The number of fused-ring (bicyclic) bond motifs is 1. The summed E-state index contributed by atoms with van der Waals surface area (Å²) in [7, 11) is 0. The average molecular weight is 374 g/mol. The predicted molar refractivity (Wildman–Crippen MR) is 99.6 cm³/mol. The number of carbonyl (C=O) groups is 2. The fourth-order valence-corrected chi connectivity index (χ4v) is 3.07. The Hall–Kier alpha value is -2.53. The molecule has 0 spiro atoms. The van der Waals surface area contributed by atoms with Crippen LogP contribution >= 0.6 is 11.6 Å². The van der Waals surface area contributed by atoms with E-state index in [0.717, 1.165) is 19.3 Å². The highest BCUT2D eigenvalue weighted by atomic mass is 35.5. The summed E-state index contributed by atoms with van der Waals surface area (Å²) in [5.74, 6) is -0.393. The first kappa shape index (κ1) is 18.3. The van der Waals surface area contributed by atoms with Gasteiger partial charge >= 0.3 is 5.97 Å². The summed E-state index contributed by atoms with van der Waals surface area (Å²) < 4.78 is 10.6. The molecule has 1 aliphatic carbocycles. The van der Waals surface area contributed by atoms with E-state index in [1.54, 1.807) is 24.3 Å². The van der Waals surface area contributed by atoms with Crippen molar-refractivity contribution in [1.29, 1.82) is 0 Å². The Morgan fingerprint density at radius 2 is 1.96 bits per heavy atom. The van der Waals surface area contributed by atoms with E-state index < -0.39 is 18.0 Å². The summed E-state index contributed by atoms with van der Waals surface area (Å²) in [4.78, 5) is 24.0. The van der Waals surface area contributed by atoms with E-state index in [2.05, 4.69) is 5.32 Å². The Labute approximate surface area is 157 Å². The van der Waals surface area contributed by atoms with E-state index in [1.165, 1.54) is 18.1 Å². The van der Waals surface area contributed by atoms with E-state index in [1.807, 2.05) is 18.2 Å². The van der Waals surface area contributed by atoms with Crippen LogP contribution in [0.4, 0.5) is 5.69 Å². The molecule has 0 aliphatic heterocycles. The van der Waals surface area contributed by atoms with Crippen molar-refractivity contribution in [2.45, 2.75) is 32.3 Å². The number of hydrogen-bond donors (Lipinski definition) is 1. The highest BCUT2D eigenvalue weighted by molar-refractivity contribution is 6.30. The third-order valence-electron chi connectivity index (χ3n) is 4.20. The van der Waals surface area contributed by atoms with E-state index in [9.17, 15) is 9.59 Å². The molecule has 0 saturated carbocycles. The predicted octanol–water partition coefficient (Wildman–Crippen LogP) is 3.78. The zero-order valence-electron chi connectivity index (χ0n) is 14.5. The SMILES string of the molecule is C[C@H](OC(=O)COc1ccc2c(c1)CCC2)C(=O)Nc1cccc(Cl)c1. The number of esters is 1. The molecule has 0 fully saturated rings. The minimum atomic E-state index is -0.940. The van der Waals surface area contributed by atoms with Gasteiger partial charge in [-0.15, -0.1) is 0 Å². The Bertz CT molecular complexity index is 821. The lowest BCUT2D eigenvalue weighted by atomic mass is 10.1. The highest BCUT2D eigenvalue weighted by Gasteiger charge is 2.19. The van der Waals surface area contributed by atoms with Crippen molar-refractivity contribution in [2.75, 3.05) is 11.9 Å². The summed E-state index contributed by atoms with van der Waals surface area (Å²) in [6.07, 6.45) is 2.35. The number of nitrogens with one attached hydrogen (secondary N) is 1. The Morgan fingerprint density at radius 3 is 2.77 bits per heavy atom. The number of anilines is 1. The zero-order chi connectivity index (χ0) is 18.5. The summed E-state index contributed by atoms with van der Waals surface area (Å²) in [6.45, 7) is 1.26. The summed E-state index contributed by atoms with van der Waals surface area (Å²) in [6, 6.07) is 12.6. The van der Waals surface area contributed by atoms with Crippen molar-refractivity contribution in [3.8, 4) is 5.75 Å². The lowest BCUT2D eigenvalue weighted by Crippen LogP contribution is -2.31. The van der Waals surface area contributed by atoms with Crippen LogP contribution in [0.5, 0.6) is 5.75 Å². The van der Waals surface area contributed by atoms with Crippen molar-refractivity contribution >= 4 is 29.2 Å². The quantitative estimate of drug-likeness (QED) is 0.783. The van der Waals surface area contributed by atoms with Crippen LogP contribution in [0.25, 0.3) is 0 Å². The molecule has 1 N–H and O–H groups in total. The number of amides is 1. The molecule has 0 bridgehead atoms. The van der Waals surface area contributed by atoms with Gasteiger partial charge in [0.25, 0.3) is 5.91 Å². The maximum atomic E-state index is 12.1. The molecule has 1 amide bonds. The molecule has 2 aromatic carbocycles. The second-order valence-corrected chi connectivity index (χ2v) is 6.64. The molecule has 0 saturated heterocycles. The van der Waals surface area contributed by atoms with Crippen molar-refractivity contribution < 1.29 is 19.1 Å². The average Bonchev–Trinajstić information content (AvgIpc) is 3.07. The number of halogens is 1. The molecule has 1 atom stereocenters. The first-order valence-electron chi connectivity index (χ1n) is 8.52. The molecule has 0 radical (unpaired) electrons. The normalized spacial score (nSPS) is 13.6. The lowest BCUT2D eigenvalue weighted by Gasteiger charge is -2.14. The molecule has 5 nitrogen and oxygen atoms in total. The third-order valence-corrected chi connectivity index (χ3v) is 4.43. The number of benzene rings is 2. The van der Waals surface area contributed by atoms with Crippen LogP contribution in [0.3, 0.4) is 0 Å². The third kappa shape index (κ3) is 4.76.